The Balaban J connectivity index is 1.76. The molecule has 1 aliphatic heterocycles. The topological polar surface area (TPSA) is 232 Å². The summed E-state index contributed by atoms with van der Waals surface area (Å²) in [4.78, 5) is 13.0. The normalized spacial score (nSPS) is 20.7. The number of aliphatic hydroxyl groups is 9. The van der Waals surface area contributed by atoms with Crippen molar-refractivity contribution in [2.24, 2.45) is 11.8 Å². The number of hydrogen-bond donors (Lipinski definition) is 10. The third-order valence-corrected chi connectivity index (χ3v) is 6.00. The highest BCUT2D eigenvalue weighted by molar-refractivity contribution is 5.71. The first-order chi connectivity index (χ1) is 15.0. The summed E-state index contributed by atoms with van der Waals surface area (Å²) in [5, 5.41) is 94.0. The van der Waals surface area contributed by atoms with Crippen molar-refractivity contribution in [1.82, 2.24) is 4.90 Å². The Hall–Kier alpha value is -2.17. The van der Waals surface area contributed by atoms with Crippen LogP contribution in [0.5, 0.6) is 5.75 Å². The van der Waals surface area contributed by atoms with E-state index in [4.69, 9.17) is 20.4 Å². The zero-order chi connectivity index (χ0) is 25.0. The fourth-order valence-corrected chi connectivity index (χ4v) is 3.78. The molecule has 0 aromatic heterocycles. The molecule has 1 saturated heterocycles. The van der Waals surface area contributed by atoms with Gasteiger partial charge >= 0.3 is 29.5 Å². The fraction of sp³-hybridized carbons (Fsp3) is 0.550. The Morgan fingerprint density at radius 2 is 1.64 bits per heavy atom. The van der Waals surface area contributed by atoms with Crippen molar-refractivity contribution in [2.75, 3.05) is 19.6 Å². The zero-order valence-electron chi connectivity index (χ0n) is 17.5. The zero-order valence-corrected chi connectivity index (χ0v) is 17.5. The minimum atomic E-state index is -4.67. The maximum absolute atomic E-state index is 11.0. The molecule has 0 radical (unpaired) electrons. The highest BCUT2D eigenvalue weighted by Gasteiger charge is 2.72. The maximum Gasteiger partial charge on any atom is 0.385 e. The summed E-state index contributed by atoms with van der Waals surface area (Å²) in [7, 11) is 0. The third-order valence-electron chi connectivity index (χ3n) is 6.00. The molecule has 2 aliphatic rings. The second-order valence-electron chi connectivity index (χ2n) is 8.60. The molecule has 1 aromatic rings. The molecule has 1 atom stereocenters. The van der Waals surface area contributed by atoms with Gasteiger partial charge in [0.2, 0.25) is 0 Å². The molecule has 13 heteroatoms. The van der Waals surface area contributed by atoms with Crippen LogP contribution in [0.25, 0.3) is 6.08 Å². The Labute approximate surface area is 187 Å². The van der Waals surface area contributed by atoms with Crippen LogP contribution in [0.3, 0.4) is 0 Å². The second-order valence-corrected chi connectivity index (χ2v) is 8.60. The average Bonchev–Trinajstić information content (AvgIpc) is 2.62. The number of carbonyl (C=O) groups is 1. The summed E-state index contributed by atoms with van der Waals surface area (Å²) in [5.74, 6) is -19.6. The minimum absolute atomic E-state index is 0.0423. The summed E-state index contributed by atoms with van der Waals surface area (Å²) in [5.41, 5.74) is 2.50. The first-order valence-corrected chi connectivity index (χ1v) is 9.95. The van der Waals surface area contributed by atoms with Gasteiger partial charge in [-0.15, -0.1) is 0 Å². The number of carboxylic acid groups (broad SMARTS) is 1. The van der Waals surface area contributed by atoms with E-state index in [2.05, 4.69) is 4.74 Å². The van der Waals surface area contributed by atoms with Crippen LogP contribution in [0.2, 0.25) is 0 Å². The average molecular weight is 473 g/mol. The lowest BCUT2D eigenvalue weighted by Gasteiger charge is -2.43. The Bertz CT molecular complexity index is 943. The van der Waals surface area contributed by atoms with E-state index in [0.29, 0.717) is 31.6 Å². The van der Waals surface area contributed by atoms with E-state index in [1.54, 1.807) is 0 Å². The summed E-state index contributed by atoms with van der Waals surface area (Å²) < 4.78 is 4.67. The van der Waals surface area contributed by atoms with E-state index in [1.807, 2.05) is 17.9 Å². The summed E-state index contributed by atoms with van der Waals surface area (Å²) in [6.07, 6.45) is 2.39. The number of carboxylic acids is 1. The van der Waals surface area contributed by atoms with Gasteiger partial charge in [0.1, 0.15) is 5.75 Å². The van der Waals surface area contributed by atoms with Crippen molar-refractivity contribution in [2.45, 2.75) is 36.9 Å². The molecule has 0 saturated carbocycles. The highest BCUT2D eigenvalue weighted by Crippen LogP contribution is 2.37. The second kappa shape index (κ2) is 8.25. The molecule has 0 spiro atoms. The molecule has 1 fully saturated rings. The first-order valence-electron chi connectivity index (χ1n) is 9.95. The van der Waals surface area contributed by atoms with Crippen molar-refractivity contribution in [3.8, 4) is 5.75 Å². The van der Waals surface area contributed by atoms with E-state index in [0.717, 1.165) is 11.1 Å². The number of nitrogens with zero attached hydrogens (tertiary/aromatic N) is 1. The number of hydrogen-bond acceptors (Lipinski definition) is 12. The smallest absolute Gasteiger partial charge is 0.385 e. The molecule has 1 aromatic carbocycles. The van der Waals surface area contributed by atoms with Crippen LogP contribution < -0.4 is 4.74 Å². The monoisotopic (exact) mass is 473 g/mol. The Morgan fingerprint density at radius 3 is 2.18 bits per heavy atom. The molecule has 3 rings (SSSR count). The lowest BCUT2D eigenvalue weighted by atomic mass is 9.83. The Kier molecular flexibility index (Phi) is 6.36. The van der Waals surface area contributed by atoms with Crippen LogP contribution >= 0.6 is 0 Å². The van der Waals surface area contributed by atoms with Crippen molar-refractivity contribution in [3.05, 3.63) is 34.9 Å². The van der Waals surface area contributed by atoms with E-state index in [1.165, 1.54) is 18.2 Å². The largest absolute Gasteiger partial charge is 0.481 e. The molecule has 33 heavy (non-hydrogen) atoms. The molecule has 184 valence electrons. The number of ether oxygens (including phenoxy) is 1. The first kappa shape index (κ1) is 25.5. The van der Waals surface area contributed by atoms with Crippen molar-refractivity contribution in [1.29, 1.82) is 0 Å². The van der Waals surface area contributed by atoms with E-state index in [9.17, 15) is 35.4 Å². The Morgan fingerprint density at radius 1 is 1.03 bits per heavy atom. The maximum atomic E-state index is 11.0. The van der Waals surface area contributed by atoms with E-state index < -0.39 is 29.5 Å². The molecular formula is C20H27NO12. The van der Waals surface area contributed by atoms with Gasteiger partial charge in [0, 0.05) is 19.6 Å². The number of fused-ring (bicyclic) bond motifs is 1. The molecule has 1 aliphatic carbocycles. The molecule has 13 nitrogen and oxygen atoms in total. The van der Waals surface area contributed by atoms with Crippen LogP contribution in [0.15, 0.2) is 23.8 Å². The highest BCUT2D eigenvalue weighted by atomic mass is 16.8. The van der Waals surface area contributed by atoms with Gasteiger partial charge in [-0.1, -0.05) is 24.6 Å². The molecule has 10 N–H and O–H groups in total. The molecular weight excluding hydrogens is 446 g/mol. The number of likely N-dealkylation sites (tertiary alicyclic amines) is 1. The lowest BCUT2D eigenvalue weighted by molar-refractivity contribution is -0.565. The van der Waals surface area contributed by atoms with Gasteiger partial charge < -0.3 is 55.8 Å². The van der Waals surface area contributed by atoms with Crippen LogP contribution in [0.1, 0.15) is 18.1 Å². The van der Waals surface area contributed by atoms with Crippen molar-refractivity contribution >= 4 is 12.0 Å². The lowest BCUT2D eigenvalue weighted by Crippen LogP contribution is -2.77. The van der Waals surface area contributed by atoms with Crippen LogP contribution in [-0.2, 0) is 11.2 Å². The van der Waals surface area contributed by atoms with Gasteiger partial charge in [0.25, 0.3) is 0 Å². The molecule has 0 bridgehead atoms. The van der Waals surface area contributed by atoms with Crippen molar-refractivity contribution in [3.63, 3.8) is 0 Å². The van der Waals surface area contributed by atoms with Gasteiger partial charge in [0.05, 0.1) is 5.92 Å². The number of rotatable bonds is 8. The molecule has 0 unspecified atom stereocenters. The molecule has 0 amide bonds. The predicted octanol–water partition coefficient (Wildman–Crippen LogP) is -3.71. The third kappa shape index (κ3) is 4.61. The van der Waals surface area contributed by atoms with Gasteiger partial charge in [-0.2, -0.15) is 0 Å². The van der Waals surface area contributed by atoms with Gasteiger partial charge in [-0.05, 0) is 35.6 Å². The standard InChI is InChI=1S/C20H27NO12/c1-10-4-12-6-15(33-20(31,32)18(26,27)17(24,25)19(28,29)30)3-2-11(12)5-13(10)7-21-8-14(9-21)16(22)23/h2-3,5-6,10,14,24-32H,4,7-9H2,1H3,(H,22,23)/t10-/m1/s1. The number of aliphatic carboxylic acids is 1. The number of benzene rings is 1. The van der Waals surface area contributed by atoms with Crippen LogP contribution in [0.4, 0.5) is 0 Å². The van der Waals surface area contributed by atoms with Crippen LogP contribution in [-0.4, -0.2) is 105 Å². The quantitative estimate of drug-likeness (QED) is 0.164. The van der Waals surface area contributed by atoms with E-state index in [-0.39, 0.29) is 17.6 Å². The minimum Gasteiger partial charge on any atom is -0.481 e. The van der Waals surface area contributed by atoms with Crippen molar-refractivity contribution < 1.29 is 60.6 Å². The molecule has 1 heterocycles. The van der Waals surface area contributed by atoms with Crippen LogP contribution in [0, 0.1) is 11.8 Å². The predicted molar refractivity (Wildman–Crippen MR) is 106 cm³/mol. The van der Waals surface area contributed by atoms with E-state index >= 15 is 0 Å². The SMILES string of the molecule is C[C@@H]1Cc2cc(OC(O)(O)C(O)(O)C(O)(O)C(O)(O)O)ccc2C=C1CN1CC(C(=O)O)C1. The summed E-state index contributed by atoms with van der Waals surface area (Å²) in [6.45, 7) is 3.47. The summed E-state index contributed by atoms with van der Waals surface area (Å²) >= 11 is 0. The van der Waals surface area contributed by atoms with Gasteiger partial charge in [0.15, 0.2) is 0 Å². The van der Waals surface area contributed by atoms with Gasteiger partial charge in [-0.3, -0.25) is 9.69 Å². The summed E-state index contributed by atoms with van der Waals surface area (Å²) in [6, 6.07) is 4.07. The van der Waals surface area contributed by atoms with Gasteiger partial charge in [-0.25, -0.2) is 0 Å². The fourth-order valence-electron chi connectivity index (χ4n) is 3.78.